The second kappa shape index (κ2) is 5.74. The van der Waals surface area contributed by atoms with Gasteiger partial charge in [0.1, 0.15) is 6.29 Å². The molecule has 22 heavy (non-hydrogen) atoms. The van der Waals surface area contributed by atoms with Crippen LogP contribution in [0.2, 0.25) is 10.0 Å². The summed E-state index contributed by atoms with van der Waals surface area (Å²) in [5.41, 5.74) is 0.0447. The zero-order valence-corrected chi connectivity index (χ0v) is 13.9. The lowest BCUT2D eigenvalue weighted by atomic mass is 9.79. The minimum atomic E-state index is -0.758. The average molecular weight is 341 g/mol. The lowest BCUT2D eigenvalue weighted by Crippen LogP contribution is -2.60. The lowest BCUT2D eigenvalue weighted by molar-refractivity contribution is -0.114. The van der Waals surface area contributed by atoms with Crippen LogP contribution in [0.25, 0.3) is 0 Å². The van der Waals surface area contributed by atoms with Crippen molar-refractivity contribution in [3.05, 3.63) is 33.8 Å². The first-order valence-electron chi connectivity index (χ1n) is 7.37. The van der Waals surface area contributed by atoms with Crippen molar-refractivity contribution in [2.24, 2.45) is 5.92 Å². The van der Waals surface area contributed by atoms with Crippen molar-refractivity contribution < 1.29 is 9.59 Å². The van der Waals surface area contributed by atoms with Gasteiger partial charge in [-0.25, -0.2) is 4.79 Å². The number of carbonyl (C=O) groups is 2. The number of hydrogen-bond acceptors (Lipinski definition) is 2. The average Bonchev–Trinajstić information content (AvgIpc) is 3.30. The smallest absolute Gasteiger partial charge is 0.319 e. The van der Waals surface area contributed by atoms with Crippen LogP contribution in [0.1, 0.15) is 18.4 Å². The number of carbonyl (C=O) groups excluding carboxylic acids is 2. The number of benzene rings is 1. The van der Waals surface area contributed by atoms with Crippen molar-refractivity contribution in [1.82, 2.24) is 9.80 Å². The fourth-order valence-electron chi connectivity index (χ4n) is 3.08. The Hall–Kier alpha value is -1.26. The molecule has 0 spiro atoms. The van der Waals surface area contributed by atoms with Crippen molar-refractivity contribution in [1.29, 1.82) is 0 Å². The predicted molar refractivity (Wildman–Crippen MR) is 86.5 cm³/mol. The molecular formula is C16H18Cl2N2O2. The van der Waals surface area contributed by atoms with Gasteiger partial charge in [-0.15, -0.1) is 0 Å². The van der Waals surface area contributed by atoms with Crippen LogP contribution in [0.15, 0.2) is 18.2 Å². The highest BCUT2D eigenvalue weighted by molar-refractivity contribution is 6.42. The molecule has 1 aliphatic carbocycles. The highest BCUT2D eigenvalue weighted by Gasteiger charge is 2.44. The van der Waals surface area contributed by atoms with E-state index in [0.717, 1.165) is 31.2 Å². The Labute approximate surface area is 140 Å². The molecule has 1 saturated heterocycles. The second-order valence-corrected chi connectivity index (χ2v) is 7.18. The molecule has 1 heterocycles. The molecule has 1 unspecified atom stereocenters. The molecule has 2 amide bonds. The van der Waals surface area contributed by atoms with Crippen LogP contribution in [-0.2, 0) is 10.2 Å². The van der Waals surface area contributed by atoms with Gasteiger partial charge in [-0.2, -0.15) is 0 Å². The Balaban J connectivity index is 1.94. The Kier molecular flexibility index (Phi) is 4.08. The fraction of sp³-hybridized carbons (Fsp3) is 0.500. The Morgan fingerprint density at radius 2 is 2.00 bits per heavy atom. The zero-order valence-electron chi connectivity index (χ0n) is 12.4. The zero-order chi connectivity index (χ0) is 15.9. The van der Waals surface area contributed by atoms with E-state index < -0.39 is 5.41 Å². The van der Waals surface area contributed by atoms with E-state index in [0.29, 0.717) is 29.1 Å². The number of amides is 2. The van der Waals surface area contributed by atoms with E-state index >= 15 is 0 Å². The van der Waals surface area contributed by atoms with Crippen molar-refractivity contribution >= 4 is 35.5 Å². The van der Waals surface area contributed by atoms with Gasteiger partial charge in [0.25, 0.3) is 0 Å². The molecule has 3 rings (SSSR count). The molecule has 0 N–H and O–H groups in total. The van der Waals surface area contributed by atoms with E-state index in [9.17, 15) is 9.59 Å². The fourth-order valence-corrected chi connectivity index (χ4v) is 3.37. The molecule has 6 heteroatoms. The minimum absolute atomic E-state index is 0.00978. The Morgan fingerprint density at radius 3 is 2.59 bits per heavy atom. The van der Waals surface area contributed by atoms with E-state index in [2.05, 4.69) is 0 Å². The summed E-state index contributed by atoms with van der Waals surface area (Å²) in [5.74, 6) is 0.577. The number of urea groups is 1. The molecule has 1 aliphatic heterocycles. The molecule has 1 aromatic carbocycles. The van der Waals surface area contributed by atoms with Crippen LogP contribution >= 0.6 is 23.2 Å². The van der Waals surface area contributed by atoms with Crippen molar-refractivity contribution in [3.8, 4) is 0 Å². The number of nitrogens with zero attached hydrogens (tertiary/aromatic N) is 2. The second-order valence-electron chi connectivity index (χ2n) is 6.37. The third-order valence-electron chi connectivity index (χ3n) is 4.49. The first kappa shape index (κ1) is 15.6. The molecule has 2 aliphatic rings. The molecule has 1 aromatic rings. The van der Waals surface area contributed by atoms with E-state index in [1.165, 1.54) is 0 Å². The van der Waals surface area contributed by atoms with Crippen molar-refractivity contribution in [2.45, 2.75) is 18.3 Å². The van der Waals surface area contributed by atoms with Gasteiger partial charge in [0.15, 0.2) is 0 Å². The van der Waals surface area contributed by atoms with E-state index in [1.807, 2.05) is 6.07 Å². The van der Waals surface area contributed by atoms with Crippen LogP contribution in [-0.4, -0.2) is 48.8 Å². The number of hydrogen-bond donors (Lipinski definition) is 0. The maximum Gasteiger partial charge on any atom is 0.319 e. The summed E-state index contributed by atoms with van der Waals surface area (Å²) in [6.07, 6.45) is 3.26. The van der Waals surface area contributed by atoms with Gasteiger partial charge in [0, 0.05) is 26.7 Å². The first-order chi connectivity index (χ1) is 10.4. The van der Waals surface area contributed by atoms with E-state index in [4.69, 9.17) is 23.2 Å². The summed E-state index contributed by atoms with van der Waals surface area (Å²) in [4.78, 5) is 27.7. The number of halogens is 2. The van der Waals surface area contributed by atoms with Crippen LogP contribution < -0.4 is 0 Å². The topological polar surface area (TPSA) is 40.6 Å². The maximum absolute atomic E-state index is 12.3. The maximum atomic E-state index is 12.3. The molecule has 2 fully saturated rings. The normalized spacial score (nSPS) is 25.5. The van der Waals surface area contributed by atoms with E-state index in [-0.39, 0.29) is 6.03 Å². The molecule has 0 aromatic heterocycles. The highest BCUT2D eigenvalue weighted by atomic mass is 35.5. The highest BCUT2D eigenvalue weighted by Crippen LogP contribution is 2.36. The molecule has 1 atom stereocenters. The number of rotatable bonds is 4. The van der Waals surface area contributed by atoms with Crippen molar-refractivity contribution in [2.75, 3.05) is 26.7 Å². The van der Waals surface area contributed by atoms with Crippen molar-refractivity contribution in [3.63, 3.8) is 0 Å². The van der Waals surface area contributed by atoms with Gasteiger partial charge < -0.3 is 14.6 Å². The predicted octanol–water partition coefficient (Wildman–Crippen LogP) is 3.21. The third kappa shape index (κ3) is 2.82. The third-order valence-corrected chi connectivity index (χ3v) is 5.22. The van der Waals surface area contributed by atoms with Crippen LogP contribution in [0.3, 0.4) is 0 Å². The monoisotopic (exact) mass is 340 g/mol. The lowest BCUT2D eigenvalue weighted by Gasteiger charge is -2.44. The number of likely N-dealkylation sites (N-methyl/N-ethyl adjacent to an activating group) is 1. The van der Waals surface area contributed by atoms with Gasteiger partial charge in [0.05, 0.1) is 15.5 Å². The molecular weight excluding hydrogens is 323 g/mol. The van der Waals surface area contributed by atoms with Gasteiger partial charge in [-0.3, -0.25) is 0 Å². The largest absolute Gasteiger partial charge is 0.326 e. The summed E-state index contributed by atoms with van der Waals surface area (Å²) in [6.45, 7) is 1.47. The molecule has 0 bridgehead atoms. The van der Waals surface area contributed by atoms with Crippen LogP contribution in [0.5, 0.6) is 0 Å². The Morgan fingerprint density at radius 1 is 1.27 bits per heavy atom. The summed E-state index contributed by atoms with van der Waals surface area (Å²) in [7, 11) is 1.73. The summed E-state index contributed by atoms with van der Waals surface area (Å²) in [6, 6.07) is 5.25. The molecule has 118 valence electrons. The van der Waals surface area contributed by atoms with Gasteiger partial charge >= 0.3 is 6.03 Å². The number of aldehydes is 1. The molecule has 1 saturated carbocycles. The molecule has 4 nitrogen and oxygen atoms in total. The summed E-state index contributed by atoms with van der Waals surface area (Å²) in [5, 5.41) is 0.884. The van der Waals surface area contributed by atoms with Crippen LogP contribution in [0.4, 0.5) is 4.79 Å². The SMILES string of the molecule is CN1CC(C=O)(c2ccc(Cl)c(Cl)c2)CN(CC2CC2)C1=O. The van der Waals surface area contributed by atoms with Crippen LogP contribution in [0, 0.1) is 5.92 Å². The summed E-state index contributed by atoms with van der Waals surface area (Å²) < 4.78 is 0. The van der Waals surface area contributed by atoms with E-state index in [1.54, 1.807) is 29.0 Å². The van der Waals surface area contributed by atoms with Gasteiger partial charge in [0.2, 0.25) is 0 Å². The summed E-state index contributed by atoms with van der Waals surface area (Å²) >= 11 is 12.1. The van der Waals surface area contributed by atoms with Gasteiger partial charge in [-0.1, -0.05) is 29.3 Å². The minimum Gasteiger partial charge on any atom is -0.326 e. The quantitative estimate of drug-likeness (QED) is 0.789. The first-order valence-corrected chi connectivity index (χ1v) is 8.13. The Bertz CT molecular complexity index is 618. The molecule has 0 radical (unpaired) electrons. The van der Waals surface area contributed by atoms with Gasteiger partial charge in [-0.05, 0) is 36.5 Å². The standard InChI is InChI=1S/C16H18Cl2N2O2/c1-19-8-16(10-21,12-4-5-13(17)14(18)6-12)9-20(15(19)22)7-11-2-3-11/h4-6,10-11H,2-3,7-9H2,1H3.